The lowest BCUT2D eigenvalue weighted by Crippen LogP contribution is -2.41. The third-order valence-corrected chi connectivity index (χ3v) is 4.52. The largest absolute Gasteiger partial charge is 0.507 e. The second-order valence-electron chi connectivity index (χ2n) is 4.49. The van der Waals surface area contributed by atoms with E-state index in [1.165, 1.54) is 30.3 Å². The molecule has 0 heterocycles. The number of carbonyl (C=O) groups is 1. The minimum Gasteiger partial charge on any atom is -0.507 e. The number of para-hydroxylation sites is 1. The van der Waals surface area contributed by atoms with Gasteiger partial charge in [-0.25, -0.2) is 8.42 Å². The summed E-state index contributed by atoms with van der Waals surface area (Å²) in [6.07, 6.45) is 0. The Labute approximate surface area is 132 Å². The SMILES string of the molecule is Cc1cc(Cl)ccc1S(=O)(=O)NNC(=O)c1ccccc1O. The zero-order valence-corrected chi connectivity index (χ0v) is 13.1. The van der Waals surface area contributed by atoms with E-state index in [9.17, 15) is 18.3 Å². The van der Waals surface area contributed by atoms with Gasteiger partial charge in [-0.1, -0.05) is 23.7 Å². The summed E-state index contributed by atoms with van der Waals surface area (Å²) in [5.74, 6) is -1.02. The molecule has 0 spiro atoms. The Balaban J connectivity index is 2.17. The molecular formula is C14H13ClN2O4S. The van der Waals surface area contributed by atoms with Gasteiger partial charge in [0.25, 0.3) is 15.9 Å². The molecule has 116 valence electrons. The molecule has 3 N–H and O–H groups in total. The van der Waals surface area contributed by atoms with Crippen LogP contribution in [0.15, 0.2) is 47.4 Å². The molecule has 2 aromatic carbocycles. The normalized spacial score (nSPS) is 11.2. The molecule has 0 unspecified atom stereocenters. The number of hydrazine groups is 1. The lowest BCUT2D eigenvalue weighted by molar-refractivity contribution is 0.0942. The summed E-state index contributed by atoms with van der Waals surface area (Å²) in [7, 11) is -3.95. The predicted octanol–water partition coefficient (Wildman–Crippen LogP) is 1.98. The minimum absolute atomic E-state index is 0.00511. The van der Waals surface area contributed by atoms with Gasteiger partial charge in [-0.2, -0.15) is 0 Å². The van der Waals surface area contributed by atoms with Crippen LogP contribution in [0, 0.1) is 6.92 Å². The highest BCUT2D eigenvalue weighted by molar-refractivity contribution is 7.89. The summed E-state index contributed by atoms with van der Waals surface area (Å²) in [5.41, 5.74) is 2.45. The molecule has 0 aliphatic heterocycles. The first kappa shape index (κ1) is 16.3. The van der Waals surface area contributed by atoms with Gasteiger partial charge in [0.1, 0.15) is 5.75 Å². The molecule has 0 aliphatic rings. The maximum Gasteiger partial charge on any atom is 0.269 e. The Hall–Kier alpha value is -2.09. The molecule has 0 saturated carbocycles. The van der Waals surface area contributed by atoms with E-state index in [-0.39, 0.29) is 16.2 Å². The van der Waals surface area contributed by atoms with Crippen LogP contribution in [0.4, 0.5) is 0 Å². The van der Waals surface area contributed by atoms with Crippen molar-refractivity contribution in [3.63, 3.8) is 0 Å². The number of halogens is 1. The molecular weight excluding hydrogens is 328 g/mol. The molecule has 2 aromatic rings. The van der Waals surface area contributed by atoms with Gasteiger partial charge in [-0.05, 0) is 42.8 Å². The van der Waals surface area contributed by atoms with Crippen molar-refractivity contribution in [2.75, 3.05) is 0 Å². The van der Waals surface area contributed by atoms with Crippen LogP contribution >= 0.6 is 11.6 Å². The molecule has 1 amide bonds. The standard InChI is InChI=1S/C14H13ClN2O4S/c1-9-8-10(15)6-7-13(9)22(20,21)17-16-14(19)11-4-2-3-5-12(11)18/h2-8,17-18H,1H3,(H,16,19). The van der Waals surface area contributed by atoms with Crippen molar-refractivity contribution < 1.29 is 18.3 Å². The molecule has 22 heavy (non-hydrogen) atoms. The summed E-state index contributed by atoms with van der Waals surface area (Å²) >= 11 is 5.78. The van der Waals surface area contributed by atoms with Crippen LogP contribution in [0.5, 0.6) is 5.75 Å². The molecule has 0 radical (unpaired) electrons. The average molecular weight is 341 g/mol. The molecule has 0 aromatic heterocycles. The summed E-state index contributed by atoms with van der Waals surface area (Å²) < 4.78 is 24.3. The number of aryl methyl sites for hydroxylation is 1. The average Bonchev–Trinajstić information content (AvgIpc) is 2.45. The number of amides is 1. The number of rotatable bonds is 4. The zero-order valence-electron chi connectivity index (χ0n) is 11.5. The Morgan fingerprint density at radius 2 is 1.86 bits per heavy atom. The Kier molecular flexibility index (Phi) is 4.70. The van der Waals surface area contributed by atoms with Gasteiger partial charge >= 0.3 is 0 Å². The fraction of sp³-hybridized carbons (Fsp3) is 0.0714. The smallest absolute Gasteiger partial charge is 0.269 e. The highest BCUT2D eigenvalue weighted by atomic mass is 35.5. The van der Waals surface area contributed by atoms with Crippen molar-refractivity contribution in [1.82, 2.24) is 10.3 Å². The number of sulfonamides is 1. The number of hydrogen-bond donors (Lipinski definition) is 3. The van der Waals surface area contributed by atoms with Crippen molar-refractivity contribution in [2.45, 2.75) is 11.8 Å². The maximum atomic E-state index is 12.2. The predicted molar refractivity (Wildman–Crippen MR) is 82.1 cm³/mol. The Bertz CT molecular complexity index is 821. The lowest BCUT2D eigenvalue weighted by atomic mass is 10.2. The summed E-state index contributed by atoms with van der Waals surface area (Å²) in [4.78, 5) is 13.8. The third kappa shape index (κ3) is 3.56. The molecule has 6 nitrogen and oxygen atoms in total. The first-order chi connectivity index (χ1) is 10.3. The van der Waals surface area contributed by atoms with Crippen LogP contribution in [0.25, 0.3) is 0 Å². The number of hydrogen-bond acceptors (Lipinski definition) is 4. The molecule has 0 aliphatic carbocycles. The first-order valence-electron chi connectivity index (χ1n) is 6.17. The number of phenolic OH excluding ortho intramolecular Hbond substituents is 1. The van der Waals surface area contributed by atoms with Gasteiger partial charge in [-0.15, -0.1) is 4.83 Å². The van der Waals surface area contributed by atoms with Gasteiger partial charge < -0.3 is 5.11 Å². The van der Waals surface area contributed by atoms with Crippen LogP contribution < -0.4 is 10.3 Å². The molecule has 2 rings (SSSR count). The van der Waals surface area contributed by atoms with Gasteiger partial charge in [0.2, 0.25) is 0 Å². The molecule has 0 fully saturated rings. The number of benzene rings is 2. The highest BCUT2D eigenvalue weighted by Gasteiger charge is 2.19. The van der Waals surface area contributed by atoms with Crippen molar-refractivity contribution in [2.24, 2.45) is 0 Å². The van der Waals surface area contributed by atoms with Crippen LogP contribution in [-0.2, 0) is 10.0 Å². The molecule has 8 heteroatoms. The van der Waals surface area contributed by atoms with Crippen LogP contribution in [0.1, 0.15) is 15.9 Å². The molecule has 0 atom stereocenters. The zero-order chi connectivity index (χ0) is 16.3. The minimum atomic E-state index is -3.95. The number of phenols is 1. The van der Waals surface area contributed by atoms with Gasteiger partial charge in [-0.3, -0.25) is 10.2 Å². The molecule has 0 bridgehead atoms. The van der Waals surface area contributed by atoms with E-state index >= 15 is 0 Å². The maximum absolute atomic E-state index is 12.2. The molecule has 0 saturated heterocycles. The van der Waals surface area contributed by atoms with E-state index in [0.717, 1.165) is 0 Å². The van der Waals surface area contributed by atoms with E-state index in [0.29, 0.717) is 10.6 Å². The van der Waals surface area contributed by atoms with E-state index in [1.807, 2.05) is 4.83 Å². The van der Waals surface area contributed by atoms with Gasteiger partial charge in [0.15, 0.2) is 0 Å². The fourth-order valence-electron chi connectivity index (χ4n) is 1.82. The monoisotopic (exact) mass is 340 g/mol. The third-order valence-electron chi connectivity index (χ3n) is 2.87. The van der Waals surface area contributed by atoms with Crippen LogP contribution in [-0.4, -0.2) is 19.4 Å². The number of nitrogens with one attached hydrogen (secondary N) is 2. The van der Waals surface area contributed by atoms with Crippen molar-refractivity contribution >= 4 is 27.5 Å². The van der Waals surface area contributed by atoms with Crippen molar-refractivity contribution in [3.05, 3.63) is 58.6 Å². The van der Waals surface area contributed by atoms with E-state index < -0.39 is 15.9 Å². The van der Waals surface area contributed by atoms with E-state index in [4.69, 9.17) is 11.6 Å². The Morgan fingerprint density at radius 3 is 2.50 bits per heavy atom. The Morgan fingerprint density at radius 1 is 1.18 bits per heavy atom. The van der Waals surface area contributed by atoms with E-state index in [2.05, 4.69) is 5.43 Å². The summed E-state index contributed by atoms with van der Waals surface area (Å²) in [5, 5.41) is 9.96. The number of aromatic hydroxyl groups is 1. The quantitative estimate of drug-likeness (QED) is 0.741. The van der Waals surface area contributed by atoms with Crippen LogP contribution in [0.2, 0.25) is 5.02 Å². The van der Waals surface area contributed by atoms with Crippen LogP contribution in [0.3, 0.4) is 0 Å². The summed E-state index contributed by atoms with van der Waals surface area (Å²) in [6, 6.07) is 10.1. The lowest BCUT2D eigenvalue weighted by Gasteiger charge is -2.11. The second kappa shape index (κ2) is 6.35. The van der Waals surface area contributed by atoms with Gasteiger partial charge in [0, 0.05) is 5.02 Å². The van der Waals surface area contributed by atoms with Crippen molar-refractivity contribution in [1.29, 1.82) is 0 Å². The first-order valence-corrected chi connectivity index (χ1v) is 8.03. The number of carbonyl (C=O) groups excluding carboxylic acids is 1. The summed E-state index contributed by atoms with van der Waals surface area (Å²) in [6.45, 7) is 1.59. The topological polar surface area (TPSA) is 95.5 Å². The highest BCUT2D eigenvalue weighted by Crippen LogP contribution is 2.19. The van der Waals surface area contributed by atoms with Gasteiger partial charge in [0.05, 0.1) is 10.5 Å². The van der Waals surface area contributed by atoms with Crippen molar-refractivity contribution in [3.8, 4) is 5.75 Å². The second-order valence-corrected chi connectivity index (χ2v) is 6.57. The van der Waals surface area contributed by atoms with E-state index in [1.54, 1.807) is 19.1 Å². The fourth-order valence-corrected chi connectivity index (χ4v) is 3.11.